The van der Waals surface area contributed by atoms with Gasteiger partial charge in [0, 0.05) is 39.3 Å². The summed E-state index contributed by atoms with van der Waals surface area (Å²) in [6.07, 6.45) is 3.64. The largest absolute Gasteiger partial charge is 0.371 e. The van der Waals surface area contributed by atoms with Gasteiger partial charge in [-0.3, -0.25) is 9.59 Å². The number of carbonyl (C=O) groups is 2. The predicted molar refractivity (Wildman–Crippen MR) is 163 cm³/mol. The van der Waals surface area contributed by atoms with Crippen LogP contribution in [0, 0.1) is 11.7 Å². The Morgan fingerprint density at radius 2 is 1.98 bits per heavy atom. The molecular weight excluding hydrogens is 649 g/mol. The fourth-order valence-electron chi connectivity index (χ4n) is 5.44. The van der Waals surface area contributed by atoms with Crippen LogP contribution in [0.25, 0.3) is 0 Å². The van der Waals surface area contributed by atoms with E-state index >= 15 is 0 Å². The van der Waals surface area contributed by atoms with Crippen molar-refractivity contribution in [2.75, 3.05) is 25.9 Å². The zero-order valence-corrected chi connectivity index (χ0v) is 26.8. The highest BCUT2D eigenvalue weighted by Crippen LogP contribution is 2.27. The summed E-state index contributed by atoms with van der Waals surface area (Å²) in [6, 6.07) is 6.62. The number of rotatable bonds is 13. The lowest BCUT2D eigenvalue weighted by Gasteiger charge is -2.29. The fourth-order valence-corrected chi connectivity index (χ4v) is 7.35. The van der Waals surface area contributed by atoms with Gasteiger partial charge in [0.05, 0.1) is 25.5 Å². The van der Waals surface area contributed by atoms with E-state index in [-0.39, 0.29) is 32.0 Å². The number of sulfonamides is 1. The molecule has 42 heavy (non-hydrogen) atoms. The number of benzene rings is 1. The van der Waals surface area contributed by atoms with Gasteiger partial charge in [0.2, 0.25) is 21.8 Å². The van der Waals surface area contributed by atoms with Crippen LogP contribution in [0.4, 0.5) is 4.39 Å². The van der Waals surface area contributed by atoms with Crippen molar-refractivity contribution >= 4 is 49.1 Å². The molecule has 5 N–H and O–H groups in total. The Labute approximate surface area is 259 Å². The molecule has 0 aliphatic carbocycles. The molecule has 2 saturated heterocycles. The molecule has 2 amide bonds. The van der Waals surface area contributed by atoms with Crippen LogP contribution >= 0.6 is 27.3 Å². The molecule has 14 heteroatoms. The number of nitrogens with one attached hydrogen (secondary N) is 3. The zero-order chi connectivity index (χ0) is 30.3. The first-order valence-corrected chi connectivity index (χ1v) is 17.6. The van der Waals surface area contributed by atoms with Gasteiger partial charge < -0.3 is 26.0 Å². The Hall–Kier alpha value is -1.94. The van der Waals surface area contributed by atoms with E-state index in [0.717, 1.165) is 41.9 Å². The summed E-state index contributed by atoms with van der Waals surface area (Å²) in [6.45, 7) is 2.53. The van der Waals surface area contributed by atoms with Crippen LogP contribution in [-0.4, -0.2) is 69.2 Å². The molecule has 3 heterocycles. The van der Waals surface area contributed by atoms with Gasteiger partial charge in [0.15, 0.2) is 0 Å². The van der Waals surface area contributed by atoms with E-state index in [9.17, 15) is 22.4 Å². The lowest BCUT2D eigenvalue weighted by molar-refractivity contribution is -0.140. The maximum absolute atomic E-state index is 14.4. The zero-order valence-electron chi connectivity index (χ0n) is 23.6. The molecule has 1 aromatic carbocycles. The molecule has 4 rings (SSSR count). The highest BCUT2D eigenvalue weighted by molar-refractivity contribution is 9.10. The summed E-state index contributed by atoms with van der Waals surface area (Å²) in [5.74, 6) is -0.852. The molecular formula is C28H39BrFN5O5S2. The van der Waals surface area contributed by atoms with Gasteiger partial charge in [0.1, 0.15) is 17.9 Å². The summed E-state index contributed by atoms with van der Waals surface area (Å²) < 4.78 is 48.0. The van der Waals surface area contributed by atoms with E-state index in [1.54, 1.807) is 12.1 Å². The van der Waals surface area contributed by atoms with Crippen molar-refractivity contribution in [1.82, 2.24) is 20.3 Å². The average Bonchev–Trinajstić information content (AvgIpc) is 3.60. The summed E-state index contributed by atoms with van der Waals surface area (Å²) in [5.41, 5.74) is 6.06. The van der Waals surface area contributed by atoms with Crippen LogP contribution in [0.2, 0.25) is 0 Å². The molecule has 1 aromatic heterocycles. The number of thiophene rings is 1. The number of likely N-dealkylation sites (tertiary alicyclic amines) is 1. The molecule has 0 bridgehead atoms. The Morgan fingerprint density at radius 3 is 2.64 bits per heavy atom. The van der Waals surface area contributed by atoms with E-state index in [4.69, 9.17) is 10.5 Å². The summed E-state index contributed by atoms with van der Waals surface area (Å²) >= 11 is 4.74. The second-order valence-electron chi connectivity index (χ2n) is 10.9. The third-order valence-electron chi connectivity index (χ3n) is 7.67. The van der Waals surface area contributed by atoms with Crippen molar-refractivity contribution in [3.05, 3.63) is 55.9 Å². The minimum Gasteiger partial charge on any atom is -0.371 e. The molecule has 2 aliphatic heterocycles. The van der Waals surface area contributed by atoms with Gasteiger partial charge in [-0.15, -0.1) is 11.3 Å². The maximum Gasteiger partial charge on any atom is 0.243 e. The Morgan fingerprint density at radius 1 is 1.24 bits per heavy atom. The number of piperidine rings is 1. The third kappa shape index (κ3) is 9.53. The lowest BCUT2D eigenvalue weighted by atomic mass is 9.91. The summed E-state index contributed by atoms with van der Waals surface area (Å²) in [5, 5.41) is 6.23. The minimum atomic E-state index is -3.70. The number of amides is 2. The second kappa shape index (κ2) is 15.2. The normalized spacial score (nSPS) is 20.5. The topological polar surface area (TPSA) is 143 Å². The lowest BCUT2D eigenvalue weighted by Crippen LogP contribution is -2.53. The number of nitrogens with two attached hydrogens (primary N) is 1. The highest BCUT2D eigenvalue weighted by atomic mass is 79.9. The van der Waals surface area contributed by atoms with Gasteiger partial charge in [0.25, 0.3) is 0 Å². The van der Waals surface area contributed by atoms with Gasteiger partial charge >= 0.3 is 0 Å². The van der Waals surface area contributed by atoms with E-state index in [1.807, 2.05) is 12.1 Å². The highest BCUT2D eigenvalue weighted by Gasteiger charge is 2.42. The Balaban J connectivity index is 1.49. The molecule has 3 atom stereocenters. The van der Waals surface area contributed by atoms with Crippen molar-refractivity contribution in [2.45, 2.75) is 70.0 Å². The number of nitrogens with zero attached hydrogens (tertiary/aromatic N) is 1. The van der Waals surface area contributed by atoms with Gasteiger partial charge in [-0.05, 0) is 69.0 Å². The van der Waals surface area contributed by atoms with E-state index in [1.165, 1.54) is 22.3 Å². The number of ether oxygens (including phenoxy) is 1. The SMILES string of the molecule is CS(=O)(=O)N[C@H](CCC1CCNCC1)C(=O)N1C[C@H](OCc2ccc(Br)cc2F)C[C@H]1C(=O)NCc1ccc(CN)s1. The van der Waals surface area contributed by atoms with Crippen molar-refractivity contribution in [3.63, 3.8) is 0 Å². The van der Waals surface area contributed by atoms with Crippen LogP contribution in [0.5, 0.6) is 0 Å². The first kappa shape index (κ1) is 33.0. The quantitative estimate of drug-likeness (QED) is 0.254. The van der Waals surface area contributed by atoms with Gasteiger partial charge in [-0.25, -0.2) is 17.5 Å². The monoisotopic (exact) mass is 687 g/mol. The number of halogens is 2. The Kier molecular flexibility index (Phi) is 11.9. The number of carbonyl (C=O) groups excluding carboxylic acids is 2. The number of hydrogen-bond donors (Lipinski definition) is 4. The summed E-state index contributed by atoms with van der Waals surface area (Å²) in [7, 11) is -3.70. The van der Waals surface area contributed by atoms with Crippen LogP contribution in [0.3, 0.4) is 0 Å². The second-order valence-corrected chi connectivity index (χ2v) is 14.9. The predicted octanol–water partition coefficient (Wildman–Crippen LogP) is 2.61. The van der Waals surface area contributed by atoms with Crippen molar-refractivity contribution < 1.29 is 27.1 Å². The third-order valence-corrected chi connectivity index (χ3v) is 9.98. The maximum atomic E-state index is 14.4. The van der Waals surface area contributed by atoms with Crippen molar-refractivity contribution in [3.8, 4) is 0 Å². The first-order valence-electron chi connectivity index (χ1n) is 14.1. The van der Waals surface area contributed by atoms with E-state index < -0.39 is 39.9 Å². The summed E-state index contributed by atoms with van der Waals surface area (Å²) in [4.78, 5) is 30.7. The molecule has 2 aliphatic rings. The van der Waals surface area contributed by atoms with Crippen molar-refractivity contribution in [1.29, 1.82) is 0 Å². The molecule has 2 fully saturated rings. The minimum absolute atomic E-state index is 0.0298. The smallest absolute Gasteiger partial charge is 0.243 e. The van der Waals surface area contributed by atoms with E-state index in [2.05, 4.69) is 31.3 Å². The Bertz CT molecular complexity index is 1340. The standard InChI is InChI=1S/C28H39BrFN5O5S2/c1-42(38,39)34-25(7-2-18-8-10-32-11-9-18)28(37)35-16-21(40-17-19-3-4-20(29)12-24(19)30)13-26(35)27(36)33-15-23-6-5-22(14-31)41-23/h3-6,12,18,21,25-26,32,34H,2,7-11,13-17,31H2,1H3,(H,33,36)/t21-,25-,26+/m1/s1. The first-order chi connectivity index (χ1) is 20.0. The molecule has 10 nitrogen and oxygen atoms in total. The fraction of sp³-hybridized carbons (Fsp3) is 0.571. The molecule has 232 valence electrons. The van der Waals surface area contributed by atoms with Crippen LogP contribution in [-0.2, 0) is 44.0 Å². The van der Waals surface area contributed by atoms with Crippen LogP contribution in [0.1, 0.15) is 47.4 Å². The van der Waals surface area contributed by atoms with E-state index in [0.29, 0.717) is 35.3 Å². The van der Waals surface area contributed by atoms with Gasteiger partial charge in [-0.2, -0.15) is 0 Å². The molecule has 2 aromatic rings. The molecule has 0 saturated carbocycles. The average molecular weight is 689 g/mol. The van der Waals surface area contributed by atoms with Crippen molar-refractivity contribution in [2.24, 2.45) is 11.7 Å². The van der Waals surface area contributed by atoms with Crippen LogP contribution in [0.15, 0.2) is 34.8 Å². The number of hydrogen-bond acceptors (Lipinski definition) is 8. The van der Waals surface area contributed by atoms with Crippen LogP contribution < -0.4 is 21.1 Å². The van der Waals surface area contributed by atoms with Gasteiger partial charge in [-0.1, -0.05) is 22.0 Å². The molecule has 0 unspecified atom stereocenters. The molecule has 0 spiro atoms. The molecule has 0 radical (unpaired) electrons.